The highest BCUT2D eigenvalue weighted by Crippen LogP contribution is 2.24. The molecule has 0 saturated carbocycles. The van der Waals surface area contributed by atoms with Gasteiger partial charge in [-0.05, 0) is 31.5 Å². The molecule has 1 aromatic rings. The zero-order chi connectivity index (χ0) is 12.3. The number of aliphatic hydroxyl groups is 1. The number of nitrogens with zero attached hydrogens (tertiary/aromatic N) is 1. The summed E-state index contributed by atoms with van der Waals surface area (Å²) in [7, 11) is 0. The lowest BCUT2D eigenvalue weighted by Crippen LogP contribution is -2.43. The number of nitro groups is 1. The van der Waals surface area contributed by atoms with Crippen LogP contribution in [0.2, 0.25) is 0 Å². The summed E-state index contributed by atoms with van der Waals surface area (Å²) in [5, 5.41) is 24.2. The van der Waals surface area contributed by atoms with E-state index in [2.05, 4.69) is 5.32 Å². The van der Waals surface area contributed by atoms with Crippen molar-refractivity contribution in [1.29, 1.82) is 0 Å². The Labute approximate surface area is 99.6 Å². The van der Waals surface area contributed by atoms with Crippen molar-refractivity contribution in [1.82, 2.24) is 5.32 Å². The van der Waals surface area contributed by atoms with Crippen molar-refractivity contribution in [3.8, 4) is 0 Å². The van der Waals surface area contributed by atoms with Gasteiger partial charge < -0.3 is 10.4 Å². The van der Waals surface area contributed by atoms with Gasteiger partial charge in [0.05, 0.1) is 10.5 Å². The normalized spacial score (nSPS) is 18.9. The highest BCUT2D eigenvalue weighted by atomic mass is 16.6. The molecule has 1 aromatic carbocycles. The number of piperidine rings is 1. The summed E-state index contributed by atoms with van der Waals surface area (Å²) in [4.78, 5) is 10.3. The first-order valence-corrected chi connectivity index (χ1v) is 5.76. The van der Waals surface area contributed by atoms with Crippen molar-refractivity contribution in [3.63, 3.8) is 0 Å². The lowest BCUT2D eigenvalue weighted by molar-refractivity contribution is -0.384. The largest absolute Gasteiger partial charge is 0.389 e. The van der Waals surface area contributed by atoms with Crippen molar-refractivity contribution < 1.29 is 10.0 Å². The van der Waals surface area contributed by atoms with Gasteiger partial charge in [0.15, 0.2) is 0 Å². The fraction of sp³-hybridized carbons (Fsp3) is 0.500. The standard InChI is InChI=1S/C12H16N2O3/c15-12(4-6-13-7-5-12)9-10-2-1-3-11(8-10)14(16)17/h1-3,8,13,15H,4-7,9H2. The predicted molar refractivity (Wildman–Crippen MR) is 63.9 cm³/mol. The average Bonchev–Trinajstić information content (AvgIpc) is 2.29. The smallest absolute Gasteiger partial charge is 0.269 e. The second-order valence-corrected chi connectivity index (χ2v) is 4.58. The molecule has 1 saturated heterocycles. The molecular formula is C12H16N2O3. The van der Waals surface area contributed by atoms with Crippen LogP contribution in [0.25, 0.3) is 0 Å². The van der Waals surface area contributed by atoms with E-state index < -0.39 is 10.5 Å². The van der Waals surface area contributed by atoms with Gasteiger partial charge in [0.25, 0.3) is 5.69 Å². The molecule has 1 aliphatic heterocycles. The van der Waals surface area contributed by atoms with E-state index in [-0.39, 0.29) is 5.69 Å². The van der Waals surface area contributed by atoms with Crippen molar-refractivity contribution >= 4 is 5.69 Å². The third-order valence-electron chi connectivity index (χ3n) is 3.19. The van der Waals surface area contributed by atoms with E-state index in [1.807, 2.05) is 6.07 Å². The molecule has 5 nitrogen and oxygen atoms in total. The van der Waals surface area contributed by atoms with Gasteiger partial charge in [-0.25, -0.2) is 0 Å². The Morgan fingerprint density at radius 2 is 2.12 bits per heavy atom. The third kappa shape index (κ3) is 3.01. The zero-order valence-electron chi connectivity index (χ0n) is 9.56. The van der Waals surface area contributed by atoms with Gasteiger partial charge in [-0.1, -0.05) is 12.1 Å². The van der Waals surface area contributed by atoms with E-state index in [0.29, 0.717) is 19.3 Å². The highest BCUT2D eigenvalue weighted by molar-refractivity contribution is 5.35. The van der Waals surface area contributed by atoms with Crippen LogP contribution in [0.1, 0.15) is 18.4 Å². The van der Waals surface area contributed by atoms with Crippen LogP contribution in [0.4, 0.5) is 5.69 Å². The molecular weight excluding hydrogens is 220 g/mol. The summed E-state index contributed by atoms with van der Waals surface area (Å²) in [5.74, 6) is 0. The number of nitro benzene ring substituents is 1. The fourth-order valence-electron chi connectivity index (χ4n) is 2.23. The summed E-state index contributed by atoms with van der Waals surface area (Å²) in [5.41, 5.74) is 0.184. The van der Waals surface area contributed by atoms with Crippen molar-refractivity contribution in [2.24, 2.45) is 0 Å². The molecule has 2 N–H and O–H groups in total. The number of hydrogen-bond donors (Lipinski definition) is 2. The minimum Gasteiger partial charge on any atom is -0.389 e. The quantitative estimate of drug-likeness (QED) is 0.611. The van der Waals surface area contributed by atoms with Gasteiger partial charge in [-0.15, -0.1) is 0 Å². The molecule has 0 bridgehead atoms. The maximum atomic E-state index is 10.7. The fourth-order valence-corrected chi connectivity index (χ4v) is 2.23. The molecule has 0 aliphatic carbocycles. The Kier molecular flexibility index (Phi) is 3.40. The van der Waals surface area contributed by atoms with Crippen molar-refractivity contribution in [3.05, 3.63) is 39.9 Å². The average molecular weight is 236 g/mol. The molecule has 0 aromatic heterocycles. The molecule has 1 fully saturated rings. The highest BCUT2D eigenvalue weighted by Gasteiger charge is 2.29. The van der Waals surface area contributed by atoms with Gasteiger partial charge in [-0.3, -0.25) is 10.1 Å². The maximum absolute atomic E-state index is 10.7. The first-order chi connectivity index (χ1) is 8.09. The molecule has 1 heterocycles. The van der Waals surface area contributed by atoms with Crippen LogP contribution in [0.15, 0.2) is 24.3 Å². The summed E-state index contributed by atoms with van der Waals surface area (Å²) in [6.07, 6.45) is 1.86. The van der Waals surface area contributed by atoms with Crippen LogP contribution < -0.4 is 5.32 Å². The second-order valence-electron chi connectivity index (χ2n) is 4.58. The summed E-state index contributed by atoms with van der Waals surface area (Å²) >= 11 is 0. The Hall–Kier alpha value is -1.46. The van der Waals surface area contributed by atoms with Crippen LogP contribution in [0.3, 0.4) is 0 Å². The molecule has 5 heteroatoms. The lowest BCUT2D eigenvalue weighted by atomic mass is 9.86. The lowest BCUT2D eigenvalue weighted by Gasteiger charge is -2.32. The molecule has 0 unspecified atom stereocenters. The summed E-state index contributed by atoms with van der Waals surface area (Å²) in [6.45, 7) is 1.59. The molecule has 0 amide bonds. The maximum Gasteiger partial charge on any atom is 0.269 e. The number of benzene rings is 1. The van der Waals surface area contributed by atoms with Gasteiger partial charge >= 0.3 is 0 Å². The predicted octanol–water partition coefficient (Wildman–Crippen LogP) is 1.25. The van der Waals surface area contributed by atoms with Crippen molar-refractivity contribution in [2.45, 2.75) is 24.9 Å². The van der Waals surface area contributed by atoms with E-state index in [4.69, 9.17) is 0 Å². The number of rotatable bonds is 3. The van der Waals surface area contributed by atoms with E-state index in [9.17, 15) is 15.2 Å². The van der Waals surface area contributed by atoms with Gasteiger partial charge in [0, 0.05) is 18.6 Å². The van der Waals surface area contributed by atoms with Crippen LogP contribution in [-0.4, -0.2) is 28.7 Å². The van der Waals surface area contributed by atoms with E-state index in [0.717, 1.165) is 18.7 Å². The van der Waals surface area contributed by atoms with Gasteiger partial charge in [0.2, 0.25) is 0 Å². The molecule has 0 spiro atoms. The topological polar surface area (TPSA) is 75.4 Å². The first-order valence-electron chi connectivity index (χ1n) is 5.76. The Morgan fingerprint density at radius 3 is 2.76 bits per heavy atom. The van der Waals surface area contributed by atoms with Crippen LogP contribution in [-0.2, 0) is 6.42 Å². The Bertz CT molecular complexity index is 414. The zero-order valence-corrected chi connectivity index (χ0v) is 9.56. The SMILES string of the molecule is O=[N+]([O-])c1cccc(CC2(O)CCNCC2)c1. The Morgan fingerprint density at radius 1 is 1.41 bits per heavy atom. The molecule has 92 valence electrons. The number of nitrogens with one attached hydrogen (secondary N) is 1. The monoisotopic (exact) mass is 236 g/mol. The van der Waals surface area contributed by atoms with E-state index in [1.165, 1.54) is 6.07 Å². The minimum absolute atomic E-state index is 0.0834. The number of hydrogen-bond acceptors (Lipinski definition) is 4. The van der Waals surface area contributed by atoms with Crippen molar-refractivity contribution in [2.75, 3.05) is 13.1 Å². The first kappa shape index (κ1) is 12.0. The van der Waals surface area contributed by atoms with Gasteiger partial charge in [-0.2, -0.15) is 0 Å². The molecule has 1 aliphatic rings. The summed E-state index contributed by atoms with van der Waals surface area (Å²) in [6, 6.07) is 6.50. The second kappa shape index (κ2) is 4.81. The van der Waals surface area contributed by atoms with Crippen LogP contribution in [0.5, 0.6) is 0 Å². The molecule has 0 radical (unpaired) electrons. The molecule has 2 rings (SSSR count). The minimum atomic E-state index is -0.722. The van der Waals surface area contributed by atoms with E-state index in [1.54, 1.807) is 12.1 Å². The Balaban J connectivity index is 2.12. The third-order valence-corrected chi connectivity index (χ3v) is 3.19. The summed E-state index contributed by atoms with van der Waals surface area (Å²) < 4.78 is 0. The molecule has 17 heavy (non-hydrogen) atoms. The van der Waals surface area contributed by atoms with Crippen LogP contribution >= 0.6 is 0 Å². The van der Waals surface area contributed by atoms with Gasteiger partial charge in [0.1, 0.15) is 0 Å². The van der Waals surface area contributed by atoms with E-state index >= 15 is 0 Å². The molecule has 0 atom stereocenters. The van der Waals surface area contributed by atoms with Crippen LogP contribution in [0, 0.1) is 10.1 Å². The number of non-ortho nitro benzene ring substituents is 1.